The molecule has 9 heteroatoms. The second-order valence-corrected chi connectivity index (χ2v) is 7.19. The van der Waals surface area contributed by atoms with Crippen molar-refractivity contribution in [3.05, 3.63) is 65.4 Å². The number of carbonyl (C=O) groups is 1. The number of nitrogens with zero attached hydrogens (tertiary/aromatic N) is 4. The van der Waals surface area contributed by atoms with Crippen molar-refractivity contribution >= 4 is 5.91 Å². The number of aromatic nitrogens is 3. The number of methoxy groups -OCH3 is 1. The lowest BCUT2D eigenvalue weighted by Gasteiger charge is -2.34. The molecule has 156 valence electrons. The first-order valence-electron chi connectivity index (χ1n) is 9.35. The molecule has 30 heavy (non-hydrogen) atoms. The van der Waals surface area contributed by atoms with Gasteiger partial charge in [-0.25, -0.2) is 8.78 Å². The van der Waals surface area contributed by atoms with Gasteiger partial charge in [0.25, 0.3) is 0 Å². The highest BCUT2D eigenvalue weighted by Crippen LogP contribution is 2.28. The van der Waals surface area contributed by atoms with Crippen LogP contribution in [0.1, 0.15) is 18.2 Å². The van der Waals surface area contributed by atoms with Crippen LogP contribution < -0.4 is 4.74 Å². The third-order valence-corrected chi connectivity index (χ3v) is 5.19. The molecule has 0 saturated carbocycles. The van der Waals surface area contributed by atoms with Crippen LogP contribution in [0.15, 0.2) is 36.7 Å². The third kappa shape index (κ3) is 3.62. The van der Waals surface area contributed by atoms with Crippen molar-refractivity contribution in [1.29, 1.82) is 0 Å². The number of rotatable bonds is 4. The zero-order valence-electron chi connectivity index (χ0n) is 16.4. The fourth-order valence-corrected chi connectivity index (χ4v) is 3.63. The Balaban J connectivity index is 1.58. The summed E-state index contributed by atoms with van der Waals surface area (Å²) in [6.07, 6.45) is 2.68. The highest BCUT2D eigenvalue weighted by Gasteiger charge is 2.30. The van der Waals surface area contributed by atoms with Gasteiger partial charge >= 0.3 is 0 Å². The molecule has 1 atom stereocenters. The van der Waals surface area contributed by atoms with Gasteiger partial charge in [0.05, 0.1) is 50.4 Å². The Morgan fingerprint density at radius 1 is 1.23 bits per heavy atom. The second-order valence-electron chi connectivity index (χ2n) is 7.19. The Morgan fingerprint density at radius 2 is 2.03 bits per heavy atom. The minimum absolute atomic E-state index is 0.101. The maximum atomic E-state index is 13.8. The maximum absolute atomic E-state index is 13.8. The molecule has 0 spiro atoms. The summed E-state index contributed by atoms with van der Waals surface area (Å²) in [6, 6.07) is 5.05. The number of hydrogen-bond acceptors (Lipinski definition) is 4. The van der Waals surface area contributed by atoms with E-state index in [1.54, 1.807) is 21.8 Å². The number of halogens is 3. The normalized spacial score (nSPS) is 15.8. The van der Waals surface area contributed by atoms with E-state index in [1.165, 1.54) is 19.2 Å². The van der Waals surface area contributed by atoms with Gasteiger partial charge in [0.2, 0.25) is 11.7 Å². The topological polar surface area (TPSA) is 60.2 Å². The highest BCUT2D eigenvalue weighted by atomic mass is 19.2. The average Bonchev–Trinajstić information content (AvgIpc) is 3.13. The van der Waals surface area contributed by atoms with E-state index in [2.05, 4.69) is 10.1 Å². The molecule has 0 radical (unpaired) electrons. The Kier molecular flexibility index (Phi) is 5.19. The molecule has 0 fully saturated rings. The van der Waals surface area contributed by atoms with Crippen molar-refractivity contribution < 1.29 is 22.7 Å². The van der Waals surface area contributed by atoms with Gasteiger partial charge in [0.1, 0.15) is 5.82 Å². The highest BCUT2D eigenvalue weighted by molar-refractivity contribution is 5.79. The van der Waals surface area contributed by atoms with Crippen LogP contribution >= 0.6 is 0 Å². The lowest BCUT2D eigenvalue weighted by Crippen LogP contribution is -2.45. The van der Waals surface area contributed by atoms with Gasteiger partial charge in [-0.1, -0.05) is 0 Å². The van der Waals surface area contributed by atoms with E-state index < -0.39 is 17.5 Å². The summed E-state index contributed by atoms with van der Waals surface area (Å²) in [7, 11) is 1.24. The number of benzene rings is 1. The van der Waals surface area contributed by atoms with Crippen molar-refractivity contribution in [2.45, 2.75) is 32.5 Å². The molecule has 1 aromatic carbocycles. The maximum Gasteiger partial charge on any atom is 0.227 e. The van der Waals surface area contributed by atoms with Crippen LogP contribution in [-0.2, 0) is 24.3 Å². The van der Waals surface area contributed by atoms with Gasteiger partial charge in [0.15, 0.2) is 11.6 Å². The molecule has 6 nitrogen and oxygen atoms in total. The molecule has 1 amide bonds. The first kappa shape index (κ1) is 19.9. The van der Waals surface area contributed by atoms with Crippen molar-refractivity contribution in [1.82, 2.24) is 19.7 Å². The minimum atomic E-state index is -1.08. The average molecular weight is 416 g/mol. The van der Waals surface area contributed by atoms with Crippen molar-refractivity contribution in [2.75, 3.05) is 7.11 Å². The SMILES string of the molecule is COc1cc(CC(=O)N2Cc3c(-c4ccc(F)cn4)cnn3CC2C)cc(F)c1F. The van der Waals surface area contributed by atoms with Crippen LogP contribution in [0.5, 0.6) is 5.75 Å². The van der Waals surface area contributed by atoms with Crippen LogP contribution in [0.2, 0.25) is 0 Å². The molecule has 0 bridgehead atoms. The molecule has 4 rings (SSSR count). The predicted octanol–water partition coefficient (Wildman–Crippen LogP) is 3.34. The van der Waals surface area contributed by atoms with E-state index in [-0.39, 0.29) is 30.7 Å². The largest absolute Gasteiger partial charge is 0.494 e. The first-order valence-corrected chi connectivity index (χ1v) is 9.35. The van der Waals surface area contributed by atoms with Crippen LogP contribution in [0.25, 0.3) is 11.3 Å². The van der Waals surface area contributed by atoms with Gasteiger partial charge in [-0.05, 0) is 36.8 Å². The van der Waals surface area contributed by atoms with Crippen LogP contribution in [0.4, 0.5) is 13.2 Å². The number of ether oxygens (including phenoxy) is 1. The van der Waals surface area contributed by atoms with Crippen LogP contribution in [0.3, 0.4) is 0 Å². The number of fused-ring (bicyclic) bond motifs is 1. The predicted molar refractivity (Wildman–Crippen MR) is 102 cm³/mol. The molecule has 3 heterocycles. The smallest absolute Gasteiger partial charge is 0.227 e. The van der Waals surface area contributed by atoms with Gasteiger partial charge in [-0.3, -0.25) is 14.5 Å². The van der Waals surface area contributed by atoms with E-state index in [9.17, 15) is 18.0 Å². The Bertz CT molecular complexity index is 1100. The number of hydrogen-bond donors (Lipinski definition) is 0. The summed E-state index contributed by atoms with van der Waals surface area (Å²) in [6.45, 7) is 2.64. The Hall–Kier alpha value is -3.36. The zero-order chi connectivity index (χ0) is 21.4. The number of pyridine rings is 1. The summed E-state index contributed by atoms with van der Waals surface area (Å²) in [5.41, 5.74) is 2.38. The van der Waals surface area contributed by atoms with Gasteiger partial charge in [-0.2, -0.15) is 9.49 Å². The molecule has 0 saturated heterocycles. The Morgan fingerprint density at radius 3 is 2.73 bits per heavy atom. The molecule has 1 aliphatic rings. The molecule has 0 N–H and O–H groups in total. The lowest BCUT2D eigenvalue weighted by atomic mass is 10.1. The minimum Gasteiger partial charge on any atom is -0.494 e. The quantitative estimate of drug-likeness (QED) is 0.655. The van der Waals surface area contributed by atoms with Gasteiger partial charge in [-0.15, -0.1) is 0 Å². The third-order valence-electron chi connectivity index (χ3n) is 5.19. The Labute approximate surface area is 170 Å². The summed E-state index contributed by atoms with van der Waals surface area (Å²) >= 11 is 0. The molecule has 1 unspecified atom stereocenters. The lowest BCUT2D eigenvalue weighted by molar-refractivity contribution is -0.134. The van der Waals surface area contributed by atoms with Crippen molar-refractivity contribution in [3.63, 3.8) is 0 Å². The fraction of sp³-hybridized carbons (Fsp3) is 0.286. The molecule has 0 aliphatic carbocycles. The standard InChI is InChI=1S/C21H19F3N4O2/c1-12-10-28-18(15(9-26-28)17-4-3-14(22)8-25-17)11-27(12)20(29)7-13-5-16(23)21(24)19(6-13)30-2/h3-6,8-9,12H,7,10-11H2,1-2H3. The number of carbonyl (C=O) groups excluding carboxylic acids is 1. The van der Waals surface area contributed by atoms with Crippen molar-refractivity contribution in [2.24, 2.45) is 0 Å². The monoisotopic (exact) mass is 416 g/mol. The fourth-order valence-electron chi connectivity index (χ4n) is 3.63. The van der Waals surface area contributed by atoms with Gasteiger partial charge < -0.3 is 9.64 Å². The summed E-state index contributed by atoms with van der Waals surface area (Å²) in [5.74, 6) is -3.06. The van der Waals surface area contributed by atoms with E-state index in [0.29, 0.717) is 23.4 Å². The second kappa shape index (κ2) is 7.81. The zero-order valence-corrected chi connectivity index (χ0v) is 16.4. The molecule has 3 aromatic rings. The van der Waals surface area contributed by atoms with E-state index in [1.807, 2.05) is 6.92 Å². The summed E-state index contributed by atoms with van der Waals surface area (Å²) < 4.78 is 47.3. The van der Waals surface area contributed by atoms with E-state index in [4.69, 9.17) is 4.74 Å². The van der Waals surface area contributed by atoms with Gasteiger partial charge in [0, 0.05) is 11.6 Å². The summed E-state index contributed by atoms with van der Waals surface area (Å²) in [4.78, 5) is 18.7. The molecular formula is C21H19F3N4O2. The van der Waals surface area contributed by atoms with Crippen molar-refractivity contribution in [3.8, 4) is 17.0 Å². The van der Waals surface area contributed by atoms with E-state index in [0.717, 1.165) is 18.0 Å². The van der Waals surface area contributed by atoms with Crippen LogP contribution in [0, 0.1) is 17.5 Å². The first-order chi connectivity index (χ1) is 14.4. The number of amides is 1. The molecular weight excluding hydrogens is 397 g/mol. The summed E-state index contributed by atoms with van der Waals surface area (Å²) in [5, 5.41) is 4.36. The molecule has 2 aromatic heterocycles. The molecule has 1 aliphatic heterocycles. The van der Waals surface area contributed by atoms with Crippen LogP contribution in [-0.4, -0.2) is 38.7 Å². The van der Waals surface area contributed by atoms with E-state index >= 15 is 0 Å².